The molecule has 106 valence electrons. The van der Waals surface area contributed by atoms with E-state index in [9.17, 15) is 18.3 Å². The van der Waals surface area contributed by atoms with Gasteiger partial charge < -0.3 is 15.2 Å². The normalized spacial score (nSPS) is 18.9. The largest absolute Gasteiger partial charge is 0.491 e. The summed E-state index contributed by atoms with van der Waals surface area (Å²) < 4.78 is 43.1. The van der Waals surface area contributed by atoms with E-state index in [1.165, 1.54) is 0 Å². The van der Waals surface area contributed by atoms with Crippen LogP contribution in [0.25, 0.3) is 0 Å². The molecule has 1 atom stereocenters. The van der Waals surface area contributed by atoms with Crippen LogP contribution >= 0.6 is 0 Å². The standard InChI is InChI=1S/C13H16F3NO2/c14-13(15,16)12(6-7-12)17-8-10(18)9-19-11-4-2-1-3-5-11/h1-5,10,17-18H,6-9H2. The van der Waals surface area contributed by atoms with Crippen molar-refractivity contribution >= 4 is 0 Å². The highest BCUT2D eigenvalue weighted by Crippen LogP contribution is 2.48. The summed E-state index contributed by atoms with van der Waals surface area (Å²) in [6, 6.07) is 8.83. The van der Waals surface area contributed by atoms with E-state index in [-0.39, 0.29) is 26.0 Å². The summed E-state index contributed by atoms with van der Waals surface area (Å²) in [6.45, 7) is -0.169. The van der Waals surface area contributed by atoms with Crippen molar-refractivity contribution in [2.75, 3.05) is 13.2 Å². The first-order valence-corrected chi connectivity index (χ1v) is 6.11. The SMILES string of the molecule is OC(CNC1(C(F)(F)F)CC1)COc1ccccc1. The summed E-state index contributed by atoms with van der Waals surface area (Å²) in [5.74, 6) is 0.582. The highest BCUT2D eigenvalue weighted by atomic mass is 19.4. The monoisotopic (exact) mass is 275 g/mol. The fourth-order valence-electron chi connectivity index (χ4n) is 1.77. The van der Waals surface area contributed by atoms with Gasteiger partial charge in [0.25, 0.3) is 0 Å². The van der Waals surface area contributed by atoms with E-state index in [1.54, 1.807) is 24.3 Å². The zero-order valence-corrected chi connectivity index (χ0v) is 10.3. The van der Waals surface area contributed by atoms with Gasteiger partial charge >= 0.3 is 6.18 Å². The third-order valence-corrected chi connectivity index (χ3v) is 3.15. The molecule has 1 fully saturated rings. The molecule has 0 saturated heterocycles. The van der Waals surface area contributed by atoms with Crippen LogP contribution in [0.2, 0.25) is 0 Å². The topological polar surface area (TPSA) is 41.5 Å². The van der Waals surface area contributed by atoms with Gasteiger partial charge in [-0.25, -0.2) is 0 Å². The Morgan fingerprint density at radius 3 is 2.42 bits per heavy atom. The number of halogens is 3. The molecule has 1 saturated carbocycles. The minimum Gasteiger partial charge on any atom is -0.491 e. The second-order valence-corrected chi connectivity index (χ2v) is 4.74. The zero-order valence-electron chi connectivity index (χ0n) is 10.3. The maximum absolute atomic E-state index is 12.6. The molecule has 1 unspecified atom stereocenters. The minimum absolute atomic E-state index is 0.0368. The number of β-amino-alcohol motifs (C(OH)–C–C–N with tert-alkyl or cyclic N) is 1. The molecule has 1 aromatic rings. The van der Waals surface area contributed by atoms with Gasteiger partial charge in [-0.15, -0.1) is 0 Å². The lowest BCUT2D eigenvalue weighted by Crippen LogP contribution is -2.48. The number of rotatable bonds is 6. The quantitative estimate of drug-likeness (QED) is 0.835. The maximum Gasteiger partial charge on any atom is 0.406 e. The minimum atomic E-state index is -4.26. The summed E-state index contributed by atoms with van der Waals surface area (Å²) >= 11 is 0. The zero-order chi connectivity index (χ0) is 13.9. The van der Waals surface area contributed by atoms with Crippen LogP contribution < -0.4 is 10.1 Å². The second kappa shape index (κ2) is 5.38. The van der Waals surface area contributed by atoms with Crippen molar-refractivity contribution in [3.05, 3.63) is 30.3 Å². The van der Waals surface area contributed by atoms with Crippen LogP contribution in [0, 0.1) is 0 Å². The number of aliphatic hydroxyl groups excluding tert-OH is 1. The highest BCUT2D eigenvalue weighted by Gasteiger charge is 2.63. The summed E-state index contributed by atoms with van der Waals surface area (Å²) in [6.07, 6.45) is -5.08. The van der Waals surface area contributed by atoms with Crippen LogP contribution in [-0.2, 0) is 0 Å². The van der Waals surface area contributed by atoms with Gasteiger partial charge in [-0.3, -0.25) is 0 Å². The summed E-state index contributed by atoms with van der Waals surface area (Å²) in [5.41, 5.74) is -1.79. The van der Waals surface area contributed by atoms with Crippen molar-refractivity contribution in [2.24, 2.45) is 0 Å². The highest BCUT2D eigenvalue weighted by molar-refractivity contribution is 5.20. The molecular weight excluding hydrogens is 259 g/mol. The van der Waals surface area contributed by atoms with Gasteiger partial charge in [0.1, 0.15) is 24.0 Å². The van der Waals surface area contributed by atoms with Gasteiger partial charge in [-0.2, -0.15) is 13.2 Å². The molecule has 0 aromatic heterocycles. The molecule has 0 aliphatic heterocycles. The smallest absolute Gasteiger partial charge is 0.406 e. The van der Waals surface area contributed by atoms with Crippen LogP contribution in [-0.4, -0.2) is 36.1 Å². The van der Waals surface area contributed by atoms with E-state index in [1.807, 2.05) is 6.07 Å². The van der Waals surface area contributed by atoms with Crippen LogP contribution in [0.1, 0.15) is 12.8 Å². The first-order valence-electron chi connectivity index (χ1n) is 6.11. The molecule has 0 bridgehead atoms. The Labute approximate surface area is 109 Å². The van der Waals surface area contributed by atoms with Crippen LogP contribution in [0.3, 0.4) is 0 Å². The van der Waals surface area contributed by atoms with Gasteiger partial charge in [0.05, 0.1) is 0 Å². The van der Waals surface area contributed by atoms with Crippen molar-refractivity contribution in [1.82, 2.24) is 5.32 Å². The van der Waals surface area contributed by atoms with Gasteiger partial charge in [0.15, 0.2) is 0 Å². The molecular formula is C13H16F3NO2. The Hall–Kier alpha value is -1.27. The first-order chi connectivity index (χ1) is 8.93. The fraction of sp³-hybridized carbons (Fsp3) is 0.538. The van der Waals surface area contributed by atoms with Crippen molar-refractivity contribution in [1.29, 1.82) is 0 Å². The molecule has 1 aromatic carbocycles. The molecule has 0 amide bonds. The number of para-hydroxylation sites is 1. The predicted molar refractivity (Wildman–Crippen MR) is 64.0 cm³/mol. The third-order valence-electron chi connectivity index (χ3n) is 3.15. The number of benzene rings is 1. The number of hydrogen-bond acceptors (Lipinski definition) is 3. The number of aliphatic hydroxyl groups is 1. The van der Waals surface area contributed by atoms with Crippen LogP contribution in [0.15, 0.2) is 30.3 Å². The van der Waals surface area contributed by atoms with Crippen molar-refractivity contribution < 1.29 is 23.0 Å². The Bertz CT molecular complexity index is 404. The lowest BCUT2D eigenvalue weighted by molar-refractivity contribution is -0.166. The maximum atomic E-state index is 12.6. The molecule has 1 aliphatic rings. The molecule has 0 radical (unpaired) electrons. The van der Waals surface area contributed by atoms with E-state index in [0.29, 0.717) is 5.75 Å². The second-order valence-electron chi connectivity index (χ2n) is 4.74. The third kappa shape index (κ3) is 3.61. The Morgan fingerprint density at radius 2 is 1.89 bits per heavy atom. The lowest BCUT2D eigenvalue weighted by Gasteiger charge is -2.22. The first kappa shape index (κ1) is 14.1. The molecule has 6 heteroatoms. The van der Waals surface area contributed by atoms with Crippen LogP contribution in [0.5, 0.6) is 5.75 Å². The van der Waals surface area contributed by atoms with E-state index in [2.05, 4.69) is 5.32 Å². The Kier molecular flexibility index (Phi) is 4.01. The van der Waals surface area contributed by atoms with Crippen LogP contribution in [0.4, 0.5) is 13.2 Å². The average molecular weight is 275 g/mol. The van der Waals surface area contributed by atoms with Gasteiger partial charge in [-0.05, 0) is 25.0 Å². The van der Waals surface area contributed by atoms with Crippen molar-refractivity contribution in [2.45, 2.75) is 30.7 Å². The molecule has 1 aliphatic carbocycles. The number of hydrogen-bond donors (Lipinski definition) is 2. The van der Waals surface area contributed by atoms with Crippen molar-refractivity contribution in [3.63, 3.8) is 0 Å². The van der Waals surface area contributed by atoms with E-state index < -0.39 is 17.8 Å². The van der Waals surface area contributed by atoms with Gasteiger partial charge in [0, 0.05) is 6.54 Å². The molecule has 0 heterocycles. The number of alkyl halides is 3. The van der Waals surface area contributed by atoms with Gasteiger partial charge in [0.2, 0.25) is 0 Å². The molecule has 0 spiro atoms. The molecule has 2 N–H and O–H groups in total. The molecule has 3 nitrogen and oxygen atoms in total. The number of nitrogens with one attached hydrogen (secondary N) is 1. The Balaban J connectivity index is 1.72. The number of ether oxygens (including phenoxy) is 1. The van der Waals surface area contributed by atoms with E-state index in [4.69, 9.17) is 4.74 Å². The average Bonchev–Trinajstić information content (AvgIpc) is 3.16. The van der Waals surface area contributed by atoms with Crippen molar-refractivity contribution in [3.8, 4) is 5.75 Å². The summed E-state index contributed by atoms with van der Waals surface area (Å²) in [5, 5.41) is 12.0. The molecule has 2 rings (SSSR count). The van der Waals surface area contributed by atoms with Gasteiger partial charge in [-0.1, -0.05) is 18.2 Å². The Morgan fingerprint density at radius 1 is 1.26 bits per heavy atom. The summed E-state index contributed by atoms with van der Waals surface area (Å²) in [7, 11) is 0. The predicted octanol–water partition coefficient (Wildman–Crippen LogP) is 2.11. The van der Waals surface area contributed by atoms with E-state index >= 15 is 0 Å². The lowest BCUT2D eigenvalue weighted by atomic mass is 10.2. The summed E-state index contributed by atoms with van der Waals surface area (Å²) in [4.78, 5) is 0. The molecule has 19 heavy (non-hydrogen) atoms. The van der Waals surface area contributed by atoms with E-state index in [0.717, 1.165) is 0 Å². The fourth-order valence-corrected chi connectivity index (χ4v) is 1.77.